The lowest BCUT2D eigenvalue weighted by Gasteiger charge is -2.35. The summed E-state index contributed by atoms with van der Waals surface area (Å²) in [4.78, 5) is 22.6. The number of ether oxygens (including phenoxy) is 2. The summed E-state index contributed by atoms with van der Waals surface area (Å²) in [6, 6.07) is 0. The molecule has 4 nitrogen and oxygen atoms in total. The van der Waals surface area contributed by atoms with Gasteiger partial charge in [-0.05, 0) is 0 Å². The zero-order valence-corrected chi connectivity index (χ0v) is 17.2. The number of rotatable bonds is 8. The Kier molecular flexibility index (Phi) is 8.15. The Labute approximate surface area is 168 Å². The molecule has 176 valence electrons. The summed E-state index contributed by atoms with van der Waals surface area (Å²) in [5.74, 6) is -21.9. The van der Waals surface area contributed by atoms with Gasteiger partial charge in [-0.2, -0.15) is 35.1 Å². The average Bonchev–Trinajstić information content (AvgIpc) is 2.54. The minimum atomic E-state index is -4.74. The van der Waals surface area contributed by atoms with Crippen molar-refractivity contribution in [3.05, 3.63) is 12.2 Å². The van der Waals surface area contributed by atoms with Gasteiger partial charge >= 0.3 is 35.6 Å². The van der Waals surface area contributed by atoms with Gasteiger partial charge in [0.05, 0.1) is 0 Å². The molecular formula is C18H24F8O4. The highest BCUT2D eigenvalue weighted by molar-refractivity contribution is 5.91. The van der Waals surface area contributed by atoms with Crippen molar-refractivity contribution < 1.29 is 54.2 Å². The van der Waals surface area contributed by atoms with Crippen LogP contribution in [0, 0.1) is 10.8 Å². The van der Waals surface area contributed by atoms with E-state index < -0.39 is 59.7 Å². The van der Waals surface area contributed by atoms with E-state index in [4.69, 9.17) is 0 Å². The molecule has 0 N–H and O–H groups in total. The fourth-order valence-corrected chi connectivity index (χ4v) is 1.83. The van der Waals surface area contributed by atoms with Gasteiger partial charge in [0.25, 0.3) is 0 Å². The molecule has 0 radical (unpaired) electrons. The second-order valence-corrected chi connectivity index (χ2v) is 8.61. The monoisotopic (exact) mass is 456 g/mol. The SMILES string of the molecule is CC(C)(C)C(F)(F)C(F)(F)COC(=O)/C=C/C(=O)OCC(F)(F)C(F)(F)C(C)(C)C. The van der Waals surface area contributed by atoms with E-state index in [1.165, 1.54) is 0 Å². The van der Waals surface area contributed by atoms with Crippen LogP contribution in [0.15, 0.2) is 12.2 Å². The van der Waals surface area contributed by atoms with Crippen LogP contribution in [-0.4, -0.2) is 48.8 Å². The van der Waals surface area contributed by atoms with Crippen LogP contribution >= 0.6 is 0 Å². The lowest BCUT2D eigenvalue weighted by atomic mass is 9.84. The van der Waals surface area contributed by atoms with Gasteiger partial charge in [-0.25, -0.2) is 9.59 Å². The van der Waals surface area contributed by atoms with Crippen molar-refractivity contribution in [2.45, 2.75) is 65.2 Å². The van der Waals surface area contributed by atoms with Gasteiger partial charge in [-0.3, -0.25) is 0 Å². The molecule has 0 spiro atoms. The molecule has 0 heterocycles. The summed E-state index contributed by atoms with van der Waals surface area (Å²) in [6.45, 7) is 1.02. The van der Waals surface area contributed by atoms with Gasteiger partial charge in [0.2, 0.25) is 0 Å². The minimum absolute atomic E-state index is 0.147. The molecule has 0 atom stereocenters. The molecule has 0 rings (SSSR count). The number of hydrogen-bond acceptors (Lipinski definition) is 4. The molecule has 0 aliphatic carbocycles. The van der Waals surface area contributed by atoms with Gasteiger partial charge in [0.1, 0.15) is 0 Å². The number of hydrogen-bond donors (Lipinski definition) is 0. The molecule has 0 aromatic rings. The van der Waals surface area contributed by atoms with Crippen molar-refractivity contribution in [3.8, 4) is 0 Å². The van der Waals surface area contributed by atoms with E-state index in [0.29, 0.717) is 0 Å². The van der Waals surface area contributed by atoms with Crippen LogP contribution in [-0.2, 0) is 19.1 Å². The number of halogens is 8. The fraction of sp³-hybridized carbons (Fsp3) is 0.778. The fourth-order valence-electron chi connectivity index (χ4n) is 1.83. The molecule has 0 aliphatic heterocycles. The van der Waals surface area contributed by atoms with Crippen molar-refractivity contribution >= 4 is 11.9 Å². The Balaban J connectivity index is 4.87. The first-order chi connectivity index (χ1) is 13.0. The second kappa shape index (κ2) is 8.70. The van der Waals surface area contributed by atoms with Crippen LogP contribution in [0.2, 0.25) is 0 Å². The Morgan fingerprint density at radius 3 is 1.03 bits per heavy atom. The standard InChI is InChI=1S/C18H24F8O4/c1-13(2,3)17(23,24)15(19,20)9-29-11(27)7-8-12(28)30-10-16(21,22)18(25,26)14(4,5)6/h7-8H,9-10H2,1-6H3/b8-7+. The molecule has 30 heavy (non-hydrogen) atoms. The zero-order chi connectivity index (χ0) is 24.4. The van der Waals surface area contributed by atoms with E-state index in [1.807, 2.05) is 0 Å². The van der Waals surface area contributed by atoms with Crippen molar-refractivity contribution in [2.75, 3.05) is 13.2 Å². The van der Waals surface area contributed by atoms with E-state index in [0.717, 1.165) is 41.5 Å². The van der Waals surface area contributed by atoms with Crippen molar-refractivity contribution in [1.82, 2.24) is 0 Å². The molecule has 0 saturated carbocycles. The van der Waals surface area contributed by atoms with Gasteiger partial charge in [-0.15, -0.1) is 0 Å². The maximum Gasteiger partial charge on any atom is 0.343 e. The van der Waals surface area contributed by atoms with E-state index in [1.54, 1.807) is 0 Å². The third-order valence-corrected chi connectivity index (χ3v) is 3.95. The van der Waals surface area contributed by atoms with E-state index in [-0.39, 0.29) is 12.2 Å². The van der Waals surface area contributed by atoms with Crippen LogP contribution < -0.4 is 0 Å². The third-order valence-electron chi connectivity index (χ3n) is 3.95. The Bertz CT molecular complexity index is 602. The highest BCUT2D eigenvalue weighted by atomic mass is 19.3. The largest absolute Gasteiger partial charge is 0.456 e. The molecule has 0 aliphatic rings. The normalized spacial score (nSPS) is 14.7. The minimum Gasteiger partial charge on any atom is -0.456 e. The second-order valence-electron chi connectivity index (χ2n) is 8.61. The summed E-state index contributed by atoms with van der Waals surface area (Å²) in [6.07, 6.45) is 0.293. The summed E-state index contributed by atoms with van der Waals surface area (Å²) < 4.78 is 117. The predicted molar refractivity (Wildman–Crippen MR) is 89.8 cm³/mol. The molecule has 12 heteroatoms. The smallest absolute Gasteiger partial charge is 0.343 e. The topological polar surface area (TPSA) is 52.6 Å². The quantitative estimate of drug-likeness (QED) is 0.284. The maximum atomic E-state index is 13.7. The number of carbonyl (C=O) groups excluding carboxylic acids is 2. The first-order valence-electron chi connectivity index (χ1n) is 8.52. The lowest BCUT2D eigenvalue weighted by Crippen LogP contribution is -2.52. The van der Waals surface area contributed by atoms with Crippen LogP contribution in [0.3, 0.4) is 0 Å². The van der Waals surface area contributed by atoms with Crippen LogP contribution in [0.25, 0.3) is 0 Å². The van der Waals surface area contributed by atoms with Gasteiger partial charge in [0, 0.05) is 23.0 Å². The zero-order valence-electron chi connectivity index (χ0n) is 17.2. The summed E-state index contributed by atoms with van der Waals surface area (Å²) in [7, 11) is 0. The van der Waals surface area contributed by atoms with E-state index >= 15 is 0 Å². The molecule has 0 unspecified atom stereocenters. The summed E-state index contributed by atoms with van der Waals surface area (Å²) in [5.41, 5.74) is -4.33. The molecular weight excluding hydrogens is 432 g/mol. The first-order valence-corrected chi connectivity index (χ1v) is 8.52. The maximum absolute atomic E-state index is 13.7. The molecule has 0 fully saturated rings. The highest BCUT2D eigenvalue weighted by Gasteiger charge is 2.64. The molecule has 0 aromatic carbocycles. The van der Waals surface area contributed by atoms with Gasteiger partial charge in [0.15, 0.2) is 13.2 Å². The average molecular weight is 456 g/mol. The van der Waals surface area contributed by atoms with Crippen molar-refractivity contribution in [1.29, 1.82) is 0 Å². The Hall–Kier alpha value is -1.88. The molecule has 0 bridgehead atoms. The molecule has 0 aromatic heterocycles. The lowest BCUT2D eigenvalue weighted by molar-refractivity contribution is -0.270. The summed E-state index contributed by atoms with van der Waals surface area (Å²) >= 11 is 0. The van der Waals surface area contributed by atoms with E-state index in [9.17, 15) is 44.7 Å². The van der Waals surface area contributed by atoms with E-state index in [2.05, 4.69) is 9.47 Å². The van der Waals surface area contributed by atoms with Crippen molar-refractivity contribution in [2.24, 2.45) is 10.8 Å². The Morgan fingerprint density at radius 1 is 0.600 bits per heavy atom. The van der Waals surface area contributed by atoms with Gasteiger partial charge in [-0.1, -0.05) is 41.5 Å². The first kappa shape index (κ1) is 28.1. The number of alkyl halides is 8. The predicted octanol–water partition coefficient (Wildman–Crippen LogP) is 5.26. The third kappa shape index (κ3) is 6.31. The number of esters is 2. The van der Waals surface area contributed by atoms with Crippen LogP contribution in [0.4, 0.5) is 35.1 Å². The summed E-state index contributed by atoms with van der Waals surface area (Å²) in [5, 5.41) is 0. The van der Waals surface area contributed by atoms with Crippen molar-refractivity contribution in [3.63, 3.8) is 0 Å². The highest BCUT2D eigenvalue weighted by Crippen LogP contribution is 2.48. The number of carbonyl (C=O) groups is 2. The molecule has 0 saturated heterocycles. The van der Waals surface area contributed by atoms with Gasteiger partial charge < -0.3 is 9.47 Å². The van der Waals surface area contributed by atoms with Crippen LogP contribution in [0.5, 0.6) is 0 Å². The van der Waals surface area contributed by atoms with Crippen LogP contribution in [0.1, 0.15) is 41.5 Å². The Morgan fingerprint density at radius 2 is 0.833 bits per heavy atom. The molecule has 0 amide bonds.